The molecule has 3 aliphatic heterocycles. The molecule has 2 atom stereocenters. The number of methoxy groups -OCH3 is 1. The van der Waals surface area contributed by atoms with Crippen molar-refractivity contribution in [1.29, 1.82) is 0 Å². The number of fused-ring (bicyclic) bond motifs is 4. The maximum atomic E-state index is 14.0. The van der Waals surface area contributed by atoms with Gasteiger partial charge in [-0.1, -0.05) is 18.2 Å². The normalized spacial score (nSPS) is 24.8. The molecule has 3 heterocycles. The lowest BCUT2D eigenvalue weighted by Crippen LogP contribution is -2.68. The number of rotatable bonds is 4. The van der Waals surface area contributed by atoms with E-state index in [1.165, 1.54) is 11.6 Å². The summed E-state index contributed by atoms with van der Waals surface area (Å²) in [6.45, 7) is 9.24. The van der Waals surface area contributed by atoms with E-state index >= 15 is 0 Å². The van der Waals surface area contributed by atoms with E-state index in [4.69, 9.17) is 4.74 Å². The van der Waals surface area contributed by atoms with E-state index in [0.717, 1.165) is 43.9 Å². The topological polar surface area (TPSA) is 56.8 Å². The number of carbonyl (C=O) groups excluding carboxylic acids is 1. The van der Waals surface area contributed by atoms with Gasteiger partial charge in [0.1, 0.15) is 11.6 Å². The van der Waals surface area contributed by atoms with Crippen LogP contribution >= 0.6 is 0 Å². The minimum absolute atomic E-state index is 0.00675. The maximum Gasteiger partial charge on any atom is 0.219 e. The summed E-state index contributed by atoms with van der Waals surface area (Å²) in [5.41, 5.74) is 2.67. The Bertz CT molecular complexity index is 1080. The summed E-state index contributed by atoms with van der Waals surface area (Å²) in [5, 5.41) is 7.03. The molecule has 1 amide bonds. The Balaban J connectivity index is 1.40. The highest BCUT2D eigenvalue weighted by atomic mass is 19.1. The number of carbonyl (C=O) groups is 1. The predicted octanol–water partition coefficient (Wildman–Crippen LogP) is 4.50. The fourth-order valence-corrected chi connectivity index (χ4v) is 6.49. The number of benzene rings is 2. The van der Waals surface area contributed by atoms with E-state index in [1.54, 1.807) is 26.2 Å². The zero-order valence-electron chi connectivity index (χ0n) is 20.5. The number of para-hydroxylation sites is 1. The van der Waals surface area contributed by atoms with Gasteiger partial charge in [-0.05, 0) is 55.9 Å². The van der Waals surface area contributed by atoms with E-state index in [-0.39, 0.29) is 28.7 Å². The second-order valence-electron chi connectivity index (χ2n) is 10.6. The molecule has 2 unspecified atom stereocenters. The molecule has 0 saturated carbocycles. The minimum atomic E-state index is -0.308. The first-order chi connectivity index (χ1) is 16.2. The van der Waals surface area contributed by atoms with Crippen LogP contribution in [0.15, 0.2) is 42.5 Å². The number of hydrogen-bond donors (Lipinski definition) is 2. The SMILES string of the molecule is COc1ccc2c(c1)NC1C2C2(CCN(CNc3ccccc3F)CC2)CN(C(C)=O)C1(C)C. The quantitative estimate of drug-likeness (QED) is 0.695. The summed E-state index contributed by atoms with van der Waals surface area (Å²) < 4.78 is 19.5. The van der Waals surface area contributed by atoms with Crippen LogP contribution < -0.4 is 15.4 Å². The van der Waals surface area contributed by atoms with E-state index in [2.05, 4.69) is 46.4 Å². The Morgan fingerprint density at radius 3 is 2.62 bits per heavy atom. The number of halogens is 1. The predicted molar refractivity (Wildman–Crippen MR) is 133 cm³/mol. The van der Waals surface area contributed by atoms with Crippen LogP contribution in [0.2, 0.25) is 0 Å². The molecule has 2 aromatic rings. The average molecular weight is 467 g/mol. The molecule has 2 saturated heterocycles. The van der Waals surface area contributed by atoms with E-state index in [9.17, 15) is 9.18 Å². The summed E-state index contributed by atoms with van der Waals surface area (Å²) in [5.74, 6) is 1.06. The van der Waals surface area contributed by atoms with Crippen LogP contribution in [0.1, 0.15) is 45.1 Å². The molecule has 6 nitrogen and oxygen atoms in total. The number of piperidine rings is 2. The van der Waals surface area contributed by atoms with Crippen molar-refractivity contribution in [3.8, 4) is 5.75 Å². The second-order valence-corrected chi connectivity index (χ2v) is 10.6. The van der Waals surface area contributed by atoms with Gasteiger partial charge in [0.25, 0.3) is 0 Å². The van der Waals surface area contributed by atoms with Gasteiger partial charge in [0.2, 0.25) is 5.91 Å². The molecule has 0 radical (unpaired) electrons. The van der Waals surface area contributed by atoms with Gasteiger partial charge in [0.15, 0.2) is 0 Å². The molecule has 0 aromatic heterocycles. The van der Waals surface area contributed by atoms with E-state index in [0.29, 0.717) is 18.3 Å². The highest BCUT2D eigenvalue weighted by Crippen LogP contribution is 2.58. The molecule has 0 bridgehead atoms. The summed E-state index contributed by atoms with van der Waals surface area (Å²) in [7, 11) is 1.69. The molecule has 3 aliphatic rings. The van der Waals surface area contributed by atoms with Crippen molar-refractivity contribution < 1.29 is 13.9 Å². The molecule has 2 fully saturated rings. The Kier molecular flexibility index (Phi) is 5.71. The second kappa shape index (κ2) is 8.45. The molecular formula is C27H35FN4O2. The third-order valence-electron chi connectivity index (χ3n) is 8.43. The van der Waals surface area contributed by atoms with Crippen molar-refractivity contribution >= 4 is 17.3 Å². The lowest BCUT2D eigenvalue weighted by Gasteiger charge is -2.59. The molecule has 182 valence electrons. The first kappa shape index (κ1) is 23.0. The maximum absolute atomic E-state index is 14.0. The van der Waals surface area contributed by atoms with Crippen LogP contribution in [0.4, 0.5) is 15.8 Å². The molecule has 2 N–H and O–H groups in total. The first-order valence-corrected chi connectivity index (χ1v) is 12.2. The minimum Gasteiger partial charge on any atom is -0.497 e. The molecule has 7 heteroatoms. The summed E-state index contributed by atoms with van der Waals surface area (Å²) in [6, 6.07) is 13.3. The monoisotopic (exact) mass is 466 g/mol. The molecule has 0 aliphatic carbocycles. The van der Waals surface area contributed by atoms with Crippen molar-refractivity contribution in [3.63, 3.8) is 0 Å². The standard InChI is InChI=1S/C27H35FN4O2/c1-18(33)32-16-27(11-13-31(14-12-27)17-29-22-8-6-5-7-21(22)28)24-20-10-9-19(34-4)15-23(20)30-25(24)26(32,2)3/h5-10,15,24-25,29-30H,11-14,16-17H2,1-4H3. The van der Waals surface area contributed by atoms with E-state index < -0.39 is 0 Å². The van der Waals surface area contributed by atoms with Gasteiger partial charge < -0.3 is 20.3 Å². The molecule has 1 spiro atoms. The number of anilines is 2. The van der Waals surface area contributed by atoms with E-state index in [1.807, 2.05) is 12.1 Å². The van der Waals surface area contributed by atoms with Gasteiger partial charge in [0.05, 0.1) is 31.0 Å². The highest BCUT2D eigenvalue weighted by Gasteiger charge is 2.60. The number of nitrogens with one attached hydrogen (secondary N) is 2. The third kappa shape index (κ3) is 3.70. The molecular weight excluding hydrogens is 431 g/mol. The number of nitrogens with zero attached hydrogens (tertiary/aromatic N) is 2. The fourth-order valence-electron chi connectivity index (χ4n) is 6.49. The molecule has 2 aromatic carbocycles. The van der Waals surface area contributed by atoms with Crippen LogP contribution in [0.25, 0.3) is 0 Å². The van der Waals surface area contributed by atoms with Crippen molar-refractivity contribution in [2.75, 3.05) is 44.0 Å². The van der Waals surface area contributed by atoms with Crippen LogP contribution in [0.5, 0.6) is 5.75 Å². The number of amides is 1. The summed E-state index contributed by atoms with van der Waals surface area (Å²) in [4.78, 5) is 17.2. The Labute approximate surface area is 201 Å². The largest absolute Gasteiger partial charge is 0.497 e. The average Bonchev–Trinajstić information content (AvgIpc) is 3.23. The number of ether oxygens (including phenoxy) is 1. The van der Waals surface area contributed by atoms with Crippen molar-refractivity contribution in [3.05, 3.63) is 53.8 Å². The Hall–Kier alpha value is -2.80. The fraction of sp³-hybridized carbons (Fsp3) is 0.519. The zero-order valence-corrected chi connectivity index (χ0v) is 20.5. The highest BCUT2D eigenvalue weighted by molar-refractivity contribution is 5.76. The third-order valence-corrected chi connectivity index (χ3v) is 8.43. The van der Waals surface area contributed by atoms with Gasteiger partial charge in [0, 0.05) is 44.2 Å². The van der Waals surface area contributed by atoms with Gasteiger partial charge in [-0.15, -0.1) is 0 Å². The lowest BCUT2D eigenvalue weighted by atomic mass is 9.58. The van der Waals surface area contributed by atoms with Crippen molar-refractivity contribution in [2.24, 2.45) is 5.41 Å². The van der Waals surface area contributed by atoms with Crippen LogP contribution in [0, 0.1) is 11.2 Å². The number of hydrogen-bond acceptors (Lipinski definition) is 5. The summed E-state index contributed by atoms with van der Waals surface area (Å²) >= 11 is 0. The molecule has 5 rings (SSSR count). The van der Waals surface area contributed by atoms with Gasteiger partial charge in [-0.3, -0.25) is 9.69 Å². The lowest BCUT2D eigenvalue weighted by molar-refractivity contribution is -0.145. The van der Waals surface area contributed by atoms with Crippen molar-refractivity contribution in [2.45, 2.75) is 51.1 Å². The smallest absolute Gasteiger partial charge is 0.219 e. The number of likely N-dealkylation sites (tertiary alicyclic amines) is 2. The molecule has 34 heavy (non-hydrogen) atoms. The zero-order chi connectivity index (χ0) is 24.1. The van der Waals surface area contributed by atoms with Gasteiger partial charge in [-0.25, -0.2) is 4.39 Å². The van der Waals surface area contributed by atoms with Gasteiger partial charge >= 0.3 is 0 Å². The van der Waals surface area contributed by atoms with Crippen LogP contribution in [-0.2, 0) is 4.79 Å². The van der Waals surface area contributed by atoms with Crippen LogP contribution in [-0.4, -0.2) is 60.7 Å². The van der Waals surface area contributed by atoms with Crippen LogP contribution in [0.3, 0.4) is 0 Å². The van der Waals surface area contributed by atoms with Gasteiger partial charge in [-0.2, -0.15) is 0 Å². The van der Waals surface area contributed by atoms with Crippen molar-refractivity contribution in [1.82, 2.24) is 9.80 Å². The Morgan fingerprint density at radius 1 is 1.21 bits per heavy atom. The first-order valence-electron chi connectivity index (χ1n) is 12.2. The summed E-state index contributed by atoms with van der Waals surface area (Å²) in [6.07, 6.45) is 1.97. The Morgan fingerprint density at radius 2 is 1.94 bits per heavy atom.